The Morgan fingerprint density at radius 1 is 1.38 bits per heavy atom. The van der Waals surface area contributed by atoms with Crippen molar-refractivity contribution in [1.82, 2.24) is 10.0 Å². The van der Waals surface area contributed by atoms with E-state index in [9.17, 15) is 22.8 Å². The molecule has 2 heterocycles. The third-order valence-corrected chi connectivity index (χ3v) is 4.17. The lowest BCUT2D eigenvalue weighted by molar-refractivity contribution is -0.173. The van der Waals surface area contributed by atoms with E-state index in [0.29, 0.717) is 0 Å². The van der Waals surface area contributed by atoms with Crippen molar-refractivity contribution < 1.29 is 27.6 Å². The monoisotopic (exact) mass is 345 g/mol. The van der Waals surface area contributed by atoms with E-state index in [4.69, 9.17) is 4.84 Å². The van der Waals surface area contributed by atoms with Crippen molar-refractivity contribution in [2.45, 2.75) is 26.2 Å². The van der Waals surface area contributed by atoms with Gasteiger partial charge in [0.1, 0.15) is 0 Å². The number of anilines is 1. The first kappa shape index (κ1) is 18.2. The van der Waals surface area contributed by atoms with Crippen molar-refractivity contribution in [3.8, 4) is 0 Å². The maximum absolute atomic E-state index is 14.1. The molecular formula is C15H18F3N3O3. The van der Waals surface area contributed by atoms with E-state index in [1.807, 2.05) is 0 Å². The zero-order chi connectivity index (χ0) is 18.2. The van der Waals surface area contributed by atoms with E-state index in [0.717, 1.165) is 9.96 Å². The number of pyridine rings is 1. The van der Waals surface area contributed by atoms with Crippen LogP contribution >= 0.6 is 0 Å². The zero-order valence-corrected chi connectivity index (χ0v) is 13.8. The molecule has 0 spiro atoms. The Balaban J connectivity index is 2.38. The summed E-state index contributed by atoms with van der Waals surface area (Å²) in [5.74, 6) is -6.27. The third-order valence-electron chi connectivity index (χ3n) is 4.17. The molecule has 2 amide bonds. The number of amides is 2. The van der Waals surface area contributed by atoms with Gasteiger partial charge in [-0.05, 0) is 6.42 Å². The molecule has 0 radical (unpaired) electrons. The number of hydroxylamine groups is 2. The van der Waals surface area contributed by atoms with Crippen LogP contribution in [-0.2, 0) is 14.4 Å². The molecule has 2 atom stereocenters. The van der Waals surface area contributed by atoms with Crippen LogP contribution in [-0.4, -0.2) is 42.6 Å². The predicted molar refractivity (Wildman–Crippen MR) is 78.4 cm³/mol. The summed E-state index contributed by atoms with van der Waals surface area (Å²) in [6.45, 7) is 2.74. The minimum Gasteiger partial charge on any atom is -0.309 e. The second kappa shape index (κ2) is 6.76. The Labute approximate surface area is 137 Å². The van der Waals surface area contributed by atoms with Crippen molar-refractivity contribution in [3.05, 3.63) is 23.3 Å². The highest BCUT2D eigenvalue weighted by Crippen LogP contribution is 2.43. The number of halogens is 3. The van der Waals surface area contributed by atoms with Crippen molar-refractivity contribution >= 4 is 17.5 Å². The lowest BCUT2D eigenvalue weighted by atomic mass is 9.91. The maximum atomic E-state index is 14.1. The van der Waals surface area contributed by atoms with Gasteiger partial charge in [-0.1, -0.05) is 6.92 Å². The van der Waals surface area contributed by atoms with Gasteiger partial charge < -0.3 is 4.90 Å². The largest absolute Gasteiger partial charge is 0.309 e. The Morgan fingerprint density at radius 3 is 2.54 bits per heavy atom. The van der Waals surface area contributed by atoms with E-state index < -0.39 is 41.1 Å². The van der Waals surface area contributed by atoms with Crippen LogP contribution < -0.4 is 4.90 Å². The van der Waals surface area contributed by atoms with E-state index in [-0.39, 0.29) is 24.4 Å². The molecular weight excluding hydrogens is 327 g/mol. The molecule has 2 unspecified atom stereocenters. The van der Waals surface area contributed by atoms with Crippen LogP contribution in [0, 0.1) is 23.6 Å². The molecule has 1 aromatic heterocycles. The molecule has 1 aliphatic heterocycles. The van der Waals surface area contributed by atoms with Crippen LogP contribution in [0.1, 0.15) is 31.7 Å². The quantitative estimate of drug-likeness (QED) is 0.618. The fraction of sp³-hybridized carbons (Fsp3) is 0.533. The number of hydrogen-bond donors (Lipinski definition) is 0. The molecule has 0 saturated heterocycles. The molecule has 1 aliphatic rings. The normalized spacial score (nSPS) is 17.6. The van der Waals surface area contributed by atoms with Gasteiger partial charge in [0.25, 0.3) is 5.95 Å². The number of aromatic nitrogens is 1. The van der Waals surface area contributed by atoms with E-state index in [2.05, 4.69) is 4.98 Å². The van der Waals surface area contributed by atoms with Gasteiger partial charge in [-0.3, -0.25) is 14.4 Å². The Hall–Kier alpha value is -2.16. The van der Waals surface area contributed by atoms with Gasteiger partial charge in [0.2, 0.25) is 23.6 Å². The van der Waals surface area contributed by atoms with Crippen LogP contribution in [0.2, 0.25) is 0 Å². The minimum atomic E-state index is -1.60. The molecule has 0 N–H and O–H groups in total. The van der Waals surface area contributed by atoms with Gasteiger partial charge in [-0.2, -0.15) is 18.2 Å². The van der Waals surface area contributed by atoms with Gasteiger partial charge in [0, 0.05) is 37.9 Å². The highest BCUT2D eigenvalue weighted by Gasteiger charge is 2.40. The van der Waals surface area contributed by atoms with E-state index in [1.165, 1.54) is 21.1 Å². The summed E-state index contributed by atoms with van der Waals surface area (Å²) in [6.07, 6.45) is 0.132. The fourth-order valence-corrected chi connectivity index (χ4v) is 2.94. The van der Waals surface area contributed by atoms with Gasteiger partial charge in [-0.15, -0.1) is 0 Å². The van der Waals surface area contributed by atoms with Gasteiger partial charge in [-0.25, -0.2) is 5.06 Å². The number of hydrogen-bond acceptors (Lipinski definition) is 4. The van der Waals surface area contributed by atoms with Crippen LogP contribution in [0.5, 0.6) is 0 Å². The van der Waals surface area contributed by atoms with Crippen LogP contribution in [0.15, 0.2) is 0 Å². The summed E-state index contributed by atoms with van der Waals surface area (Å²) >= 11 is 0. The molecule has 2 rings (SSSR count). The average Bonchev–Trinajstić information content (AvgIpc) is 2.91. The summed E-state index contributed by atoms with van der Waals surface area (Å²) < 4.78 is 41.6. The lowest BCUT2D eigenvalue weighted by Crippen LogP contribution is -2.32. The summed E-state index contributed by atoms with van der Waals surface area (Å²) in [5.41, 5.74) is -0.610. The van der Waals surface area contributed by atoms with Crippen molar-refractivity contribution in [2.24, 2.45) is 5.92 Å². The fourth-order valence-electron chi connectivity index (χ4n) is 2.94. The molecule has 132 valence electrons. The van der Waals surface area contributed by atoms with Gasteiger partial charge in [0.05, 0.1) is 12.8 Å². The molecule has 1 aromatic rings. The van der Waals surface area contributed by atoms with Crippen LogP contribution in [0.3, 0.4) is 0 Å². The van der Waals surface area contributed by atoms with E-state index in [1.54, 1.807) is 6.92 Å². The number of fused-ring (bicyclic) bond motifs is 1. The highest BCUT2D eigenvalue weighted by molar-refractivity contribution is 5.94. The lowest BCUT2D eigenvalue weighted by Gasteiger charge is -2.21. The first-order valence-electron chi connectivity index (χ1n) is 7.33. The molecule has 0 fully saturated rings. The molecule has 6 nitrogen and oxygen atoms in total. The first-order chi connectivity index (χ1) is 11.2. The standard InChI is InChI=1S/C15H18F3N3O3/c1-7(15(23)20(3)24-4)5-9-6-21(8(2)22)12-10(9)13(17)19-14(18)11(12)16/h7,9H,5-6H2,1-4H3. The zero-order valence-electron chi connectivity index (χ0n) is 13.8. The first-order valence-corrected chi connectivity index (χ1v) is 7.33. The Morgan fingerprint density at radius 2 is 2.00 bits per heavy atom. The summed E-state index contributed by atoms with van der Waals surface area (Å²) in [5, 5.41) is 1.03. The van der Waals surface area contributed by atoms with Gasteiger partial charge >= 0.3 is 0 Å². The number of nitrogens with zero attached hydrogens (tertiary/aromatic N) is 3. The maximum Gasteiger partial charge on any atom is 0.253 e. The molecule has 0 aromatic carbocycles. The molecule has 9 heteroatoms. The van der Waals surface area contributed by atoms with E-state index >= 15 is 0 Å². The highest BCUT2D eigenvalue weighted by atomic mass is 19.2. The summed E-state index contributed by atoms with van der Waals surface area (Å²) in [4.78, 5) is 32.5. The second-order valence-electron chi connectivity index (χ2n) is 5.75. The molecule has 24 heavy (non-hydrogen) atoms. The average molecular weight is 345 g/mol. The summed E-state index contributed by atoms with van der Waals surface area (Å²) in [6, 6.07) is 0. The third kappa shape index (κ3) is 3.08. The number of rotatable bonds is 4. The minimum absolute atomic E-state index is 0.0437. The Kier molecular flexibility index (Phi) is 5.12. The second-order valence-corrected chi connectivity index (χ2v) is 5.75. The van der Waals surface area contributed by atoms with Crippen molar-refractivity contribution in [3.63, 3.8) is 0 Å². The number of carbonyl (C=O) groups is 2. The SMILES string of the molecule is CON(C)C(=O)C(C)CC1CN(C(C)=O)c2c(F)c(F)nc(F)c21. The summed E-state index contributed by atoms with van der Waals surface area (Å²) in [7, 11) is 2.76. The predicted octanol–water partition coefficient (Wildman–Crippen LogP) is 1.99. The number of carbonyl (C=O) groups excluding carboxylic acids is 2. The van der Waals surface area contributed by atoms with Gasteiger partial charge in [0.15, 0.2) is 0 Å². The smallest absolute Gasteiger partial charge is 0.253 e. The van der Waals surface area contributed by atoms with Crippen LogP contribution in [0.25, 0.3) is 0 Å². The molecule has 0 bridgehead atoms. The Bertz CT molecular complexity index is 684. The molecule has 0 saturated carbocycles. The topological polar surface area (TPSA) is 62.7 Å². The van der Waals surface area contributed by atoms with Crippen molar-refractivity contribution in [2.75, 3.05) is 25.6 Å². The van der Waals surface area contributed by atoms with Crippen LogP contribution in [0.4, 0.5) is 18.9 Å². The molecule has 0 aliphatic carbocycles. The van der Waals surface area contributed by atoms with Crippen molar-refractivity contribution in [1.29, 1.82) is 0 Å².